The van der Waals surface area contributed by atoms with Crippen LogP contribution in [0.2, 0.25) is 20.1 Å². The molecule has 3 atom stereocenters. The molecular weight excluding hydrogens is 972 g/mol. The Balaban J connectivity index is 0.000000170. The van der Waals surface area contributed by atoms with Crippen LogP contribution in [0.1, 0.15) is 84.4 Å². The molecule has 4 aliphatic rings. The van der Waals surface area contributed by atoms with Gasteiger partial charge in [-0.05, 0) is 119 Å². The van der Waals surface area contributed by atoms with Crippen molar-refractivity contribution in [1.29, 1.82) is 0 Å². The van der Waals surface area contributed by atoms with Gasteiger partial charge in [-0.2, -0.15) is 26.3 Å². The van der Waals surface area contributed by atoms with E-state index in [4.69, 9.17) is 46.4 Å². The summed E-state index contributed by atoms with van der Waals surface area (Å²) in [6.45, 7) is 0.989. The standard InChI is InChI=1S/2C25H18Cl2F3N3O/c2*26-18-8-17(9-19(27)10-18)24(25(28,29)30)11-22(32-14-24)15-4-5-21-16(7-15)12-33(23(21)34)13-20-3-1-2-6-31-20/h1-10H,11-14H2;1-10,14,22H,11-13H2. The minimum absolute atomic E-state index is 0.00544. The Morgan fingerprint density at radius 2 is 1.15 bits per heavy atom. The molecule has 0 aliphatic carbocycles. The summed E-state index contributed by atoms with van der Waals surface area (Å²) in [7, 11) is 0. The lowest BCUT2D eigenvalue weighted by atomic mass is 9.76. The van der Waals surface area contributed by atoms with Crippen molar-refractivity contribution < 1.29 is 35.9 Å². The van der Waals surface area contributed by atoms with E-state index < -0.39 is 35.8 Å². The number of hydrogen-bond acceptors (Lipinski definition) is 6. The average molecular weight is 1010 g/mol. The first-order valence-electron chi connectivity index (χ1n) is 21.1. The van der Waals surface area contributed by atoms with E-state index in [2.05, 4.69) is 20.0 Å². The molecule has 0 saturated carbocycles. The summed E-state index contributed by atoms with van der Waals surface area (Å²) in [6.07, 6.45) is -5.50. The fraction of sp³-hybridized carbons (Fsp3) is 0.240. The van der Waals surface area contributed by atoms with Crippen LogP contribution in [0, 0.1) is 0 Å². The molecule has 2 aromatic heterocycles. The van der Waals surface area contributed by atoms with Crippen LogP contribution in [0.15, 0.2) is 132 Å². The first-order chi connectivity index (χ1) is 32.3. The summed E-state index contributed by atoms with van der Waals surface area (Å²) in [5.74, 6) is -0.251. The predicted octanol–water partition coefficient (Wildman–Crippen LogP) is 12.8. The van der Waals surface area contributed by atoms with Gasteiger partial charge >= 0.3 is 12.4 Å². The molecule has 0 spiro atoms. The number of alkyl halides is 6. The van der Waals surface area contributed by atoms with Crippen molar-refractivity contribution in [3.05, 3.63) is 198 Å². The molecular formula is C50H36Cl4F6N6O2. The van der Waals surface area contributed by atoms with Crippen molar-refractivity contribution in [2.75, 3.05) is 6.54 Å². The summed E-state index contributed by atoms with van der Waals surface area (Å²) in [6, 6.07) is 28.5. The second-order valence-corrected chi connectivity index (χ2v) is 18.8. The molecule has 8 nitrogen and oxygen atoms in total. The highest BCUT2D eigenvalue weighted by Gasteiger charge is 2.59. The lowest BCUT2D eigenvalue weighted by molar-refractivity contribution is -0.183. The van der Waals surface area contributed by atoms with E-state index in [0.717, 1.165) is 28.7 Å². The predicted molar refractivity (Wildman–Crippen MR) is 249 cm³/mol. The number of benzene rings is 4. The van der Waals surface area contributed by atoms with Crippen molar-refractivity contribution in [3.8, 4) is 0 Å². The molecule has 2 amide bonds. The monoisotopic (exact) mass is 1010 g/mol. The van der Waals surface area contributed by atoms with Gasteiger partial charge in [0.15, 0.2) is 0 Å². The molecule has 6 aromatic rings. The maximum absolute atomic E-state index is 14.4. The summed E-state index contributed by atoms with van der Waals surface area (Å²) in [4.78, 5) is 46.0. The molecule has 18 heteroatoms. The number of hydrogen-bond donors (Lipinski definition) is 0. The zero-order valence-electron chi connectivity index (χ0n) is 35.4. The normalized spacial score (nSPS) is 20.9. The van der Waals surface area contributed by atoms with Crippen LogP contribution in [0.25, 0.3) is 0 Å². The van der Waals surface area contributed by atoms with Crippen LogP contribution in [-0.2, 0) is 37.0 Å². The minimum atomic E-state index is -4.59. The van der Waals surface area contributed by atoms with Gasteiger partial charge in [-0.15, -0.1) is 0 Å². The van der Waals surface area contributed by atoms with Crippen LogP contribution in [0.5, 0.6) is 0 Å². The molecule has 0 bridgehead atoms. The van der Waals surface area contributed by atoms with E-state index in [-0.39, 0.29) is 55.9 Å². The van der Waals surface area contributed by atoms with Gasteiger partial charge in [0.2, 0.25) is 0 Å². The Kier molecular flexibility index (Phi) is 12.7. The van der Waals surface area contributed by atoms with E-state index >= 15 is 0 Å². The van der Waals surface area contributed by atoms with Gasteiger partial charge in [-0.1, -0.05) is 76.7 Å². The number of rotatable bonds is 8. The number of fused-ring (bicyclic) bond motifs is 2. The topological polar surface area (TPSA) is 91.1 Å². The second-order valence-electron chi connectivity index (χ2n) is 17.1. The lowest BCUT2D eigenvalue weighted by Crippen LogP contribution is -2.43. The third kappa shape index (κ3) is 9.11. The van der Waals surface area contributed by atoms with Crippen molar-refractivity contribution in [2.45, 2.75) is 68.2 Å². The Labute approximate surface area is 406 Å². The summed E-state index contributed by atoms with van der Waals surface area (Å²) < 4.78 is 86.1. The van der Waals surface area contributed by atoms with Crippen molar-refractivity contribution in [2.24, 2.45) is 9.98 Å². The summed E-state index contributed by atoms with van der Waals surface area (Å²) in [5, 5.41) is 0.547. The molecule has 4 aliphatic heterocycles. The van der Waals surface area contributed by atoms with Gasteiger partial charge in [0.05, 0.1) is 37.1 Å². The van der Waals surface area contributed by atoms with Crippen LogP contribution >= 0.6 is 46.4 Å². The third-order valence-corrected chi connectivity index (χ3v) is 13.6. The van der Waals surface area contributed by atoms with Gasteiger partial charge in [0, 0.05) is 75.0 Å². The molecule has 0 radical (unpaired) electrons. The number of aromatic nitrogens is 2. The molecule has 4 aromatic carbocycles. The zero-order valence-corrected chi connectivity index (χ0v) is 38.5. The number of nitrogens with zero attached hydrogens (tertiary/aromatic N) is 6. The number of halogens is 10. The van der Waals surface area contributed by atoms with E-state index in [1.54, 1.807) is 70.7 Å². The maximum atomic E-state index is 14.4. The number of carbonyl (C=O) groups excluding carboxylic acids is 2. The Morgan fingerprint density at radius 1 is 0.618 bits per heavy atom. The third-order valence-electron chi connectivity index (χ3n) is 12.7. The molecule has 0 fully saturated rings. The number of pyridine rings is 2. The Morgan fingerprint density at radius 3 is 1.66 bits per heavy atom. The largest absolute Gasteiger partial charge is 0.403 e. The highest BCUT2D eigenvalue weighted by molar-refractivity contribution is 6.35. The second kappa shape index (κ2) is 18.3. The van der Waals surface area contributed by atoms with Crippen molar-refractivity contribution in [1.82, 2.24) is 19.8 Å². The van der Waals surface area contributed by atoms with E-state index in [1.165, 1.54) is 36.4 Å². The number of aliphatic imine (C=N–C) groups is 2. The zero-order chi connectivity index (χ0) is 48.2. The molecule has 68 heavy (non-hydrogen) atoms. The fourth-order valence-corrected chi connectivity index (χ4v) is 10.2. The highest BCUT2D eigenvalue weighted by Crippen LogP contribution is 2.52. The Hall–Kier alpha value is -5.80. The van der Waals surface area contributed by atoms with E-state index in [0.29, 0.717) is 54.1 Å². The van der Waals surface area contributed by atoms with Crippen LogP contribution in [0.3, 0.4) is 0 Å². The highest BCUT2D eigenvalue weighted by atomic mass is 35.5. The molecule has 6 heterocycles. The minimum Gasteiger partial charge on any atom is -0.328 e. The summed E-state index contributed by atoms with van der Waals surface area (Å²) >= 11 is 24.0. The fourth-order valence-electron chi connectivity index (χ4n) is 9.18. The maximum Gasteiger partial charge on any atom is 0.403 e. The van der Waals surface area contributed by atoms with Gasteiger partial charge < -0.3 is 9.80 Å². The van der Waals surface area contributed by atoms with Gasteiger partial charge in [0.25, 0.3) is 11.8 Å². The van der Waals surface area contributed by atoms with Gasteiger partial charge in [0.1, 0.15) is 10.8 Å². The van der Waals surface area contributed by atoms with E-state index in [1.807, 2.05) is 24.3 Å². The van der Waals surface area contributed by atoms with Gasteiger partial charge in [-0.25, -0.2) is 0 Å². The van der Waals surface area contributed by atoms with E-state index in [9.17, 15) is 35.9 Å². The first kappa shape index (κ1) is 47.3. The SMILES string of the molecule is O=C1c2ccc(C3=NCC(c4cc(Cl)cc(Cl)c4)(C(F)(F)F)C3)cc2CN1Cc1ccccn1.O=C1c2ccc(C3CC(c4cc(Cl)cc(Cl)c4)(C(F)(F)F)C=N3)cc2CN1Cc1ccccn1. The van der Waals surface area contributed by atoms with Crippen LogP contribution in [0.4, 0.5) is 26.3 Å². The number of amides is 2. The molecule has 348 valence electrons. The first-order valence-corrected chi connectivity index (χ1v) is 22.6. The molecule has 0 N–H and O–H groups in total. The van der Waals surface area contributed by atoms with Crippen LogP contribution in [-0.4, -0.2) is 62.4 Å². The lowest BCUT2D eigenvalue weighted by Gasteiger charge is -2.31. The summed E-state index contributed by atoms with van der Waals surface area (Å²) in [5.41, 5.74) is 1.13. The van der Waals surface area contributed by atoms with Crippen molar-refractivity contribution >= 4 is 70.1 Å². The molecule has 3 unspecified atom stereocenters. The smallest absolute Gasteiger partial charge is 0.328 e. The van der Waals surface area contributed by atoms with Crippen molar-refractivity contribution in [3.63, 3.8) is 0 Å². The average Bonchev–Trinajstić information content (AvgIpc) is 4.09. The van der Waals surface area contributed by atoms with Crippen LogP contribution < -0.4 is 0 Å². The molecule has 0 saturated heterocycles. The number of carbonyl (C=O) groups is 2. The quantitative estimate of drug-likeness (QED) is 0.142. The molecule has 10 rings (SSSR count). The Bertz CT molecular complexity index is 2970. The van der Waals surface area contributed by atoms with Gasteiger partial charge in [-0.3, -0.25) is 29.5 Å².